The van der Waals surface area contributed by atoms with E-state index in [-0.39, 0.29) is 27.0 Å². The summed E-state index contributed by atoms with van der Waals surface area (Å²) in [5.74, 6) is -0.0914. The summed E-state index contributed by atoms with van der Waals surface area (Å²) in [5.41, 5.74) is 11.0. The zero-order chi connectivity index (χ0) is 26.1. The van der Waals surface area contributed by atoms with Crippen LogP contribution in [0.2, 0.25) is 0 Å². The predicted octanol–water partition coefficient (Wildman–Crippen LogP) is 8.67. The van der Waals surface area contributed by atoms with Crippen LogP contribution in [0.25, 0.3) is 33.3 Å². The smallest absolute Gasteiger partial charge is 0.305 e. The van der Waals surface area contributed by atoms with Gasteiger partial charge in [0.05, 0.1) is 0 Å². The van der Waals surface area contributed by atoms with Gasteiger partial charge in [-0.15, -0.1) is 71.3 Å². The molecule has 6 aromatic rings. The number of nitrogens with zero attached hydrogens (tertiary/aromatic N) is 2. The molecule has 0 amide bonds. The largest absolute Gasteiger partial charge is 2.00 e. The van der Waals surface area contributed by atoms with Crippen molar-refractivity contribution in [1.29, 1.82) is 0 Å². The van der Waals surface area contributed by atoms with Crippen molar-refractivity contribution in [2.75, 3.05) is 0 Å². The topological polar surface area (TPSA) is 25.8 Å². The Balaban J connectivity index is 0.00000308. The summed E-state index contributed by atoms with van der Waals surface area (Å²) < 4.78 is 0. The summed E-state index contributed by atoms with van der Waals surface area (Å²) in [5, 5.41) is 2.29. The predicted molar refractivity (Wildman–Crippen MR) is 156 cm³/mol. The van der Waals surface area contributed by atoms with E-state index < -0.39 is 0 Å². The molecule has 0 spiro atoms. The summed E-state index contributed by atoms with van der Waals surface area (Å²) in [7, 11) is 0. The van der Waals surface area contributed by atoms with Gasteiger partial charge in [-0.05, 0) is 71.8 Å². The van der Waals surface area contributed by atoms with Gasteiger partial charge in [0.25, 0.3) is 0 Å². The molecule has 192 valence electrons. The van der Waals surface area contributed by atoms with Gasteiger partial charge in [-0.25, -0.2) is 0 Å². The van der Waals surface area contributed by atoms with Crippen LogP contribution >= 0.6 is 0 Å². The number of rotatable bonds is 5. The molecule has 0 N–H and O–H groups in total. The number of aryl methyl sites for hydroxylation is 3. The third-order valence-electron chi connectivity index (χ3n) is 7.12. The molecule has 2 aromatic heterocycles. The summed E-state index contributed by atoms with van der Waals surface area (Å²) in [4.78, 5) is 9.95. The van der Waals surface area contributed by atoms with E-state index in [4.69, 9.17) is 4.98 Å². The van der Waals surface area contributed by atoms with E-state index in [0.29, 0.717) is 0 Å². The maximum atomic E-state index is 5.36. The van der Waals surface area contributed by atoms with Crippen LogP contribution in [0.15, 0.2) is 109 Å². The van der Waals surface area contributed by atoms with E-state index in [2.05, 4.69) is 105 Å². The van der Waals surface area contributed by atoms with Crippen molar-refractivity contribution in [3.8, 4) is 22.5 Å². The van der Waals surface area contributed by atoms with Gasteiger partial charge in [-0.3, -0.25) is 4.98 Å². The molecule has 0 saturated carbocycles. The summed E-state index contributed by atoms with van der Waals surface area (Å²) in [6.07, 6.45) is 1.83. The van der Waals surface area contributed by atoms with Crippen LogP contribution in [0.5, 0.6) is 0 Å². The Kier molecular flexibility index (Phi) is 7.86. The molecule has 0 aliphatic heterocycles. The van der Waals surface area contributed by atoms with Gasteiger partial charge >= 0.3 is 21.1 Å². The minimum Gasteiger partial charge on any atom is -0.305 e. The molecular formula is C36H28N2Pt. The minimum atomic E-state index is -0.0914. The van der Waals surface area contributed by atoms with Gasteiger partial charge in [-0.1, -0.05) is 54.1 Å². The first-order valence-electron chi connectivity index (χ1n) is 13.0. The fourth-order valence-electron chi connectivity index (χ4n) is 5.55. The second-order valence-corrected chi connectivity index (χ2v) is 9.87. The third-order valence-corrected chi connectivity index (χ3v) is 7.12. The van der Waals surface area contributed by atoms with Crippen LogP contribution in [0.3, 0.4) is 0 Å². The molecule has 4 aromatic carbocycles. The molecule has 39 heavy (non-hydrogen) atoms. The van der Waals surface area contributed by atoms with Crippen molar-refractivity contribution in [2.45, 2.75) is 26.7 Å². The number of pyridine rings is 2. The van der Waals surface area contributed by atoms with Gasteiger partial charge in [0.1, 0.15) is 0 Å². The van der Waals surface area contributed by atoms with E-state index >= 15 is 0 Å². The Morgan fingerprint density at radius 1 is 0.718 bits per heavy atom. The minimum absolute atomic E-state index is 0. The summed E-state index contributed by atoms with van der Waals surface area (Å²) >= 11 is 0. The Morgan fingerprint density at radius 2 is 1.46 bits per heavy atom. The maximum Gasteiger partial charge on any atom is 2.00 e. The van der Waals surface area contributed by atoms with E-state index in [0.717, 1.165) is 44.5 Å². The SMILES string of the molecule is Cc1cc(C)c(C(c2[c-]c(-c3ccccn3)ccc2)c2cc3ccccc3c(-c3[c-]cccc3)n2)c(C)c1.[Pt+2]. The maximum absolute atomic E-state index is 5.36. The average Bonchev–Trinajstić information content (AvgIpc) is 2.95. The Morgan fingerprint density at radius 3 is 2.21 bits per heavy atom. The van der Waals surface area contributed by atoms with Crippen LogP contribution in [0.1, 0.15) is 39.4 Å². The van der Waals surface area contributed by atoms with Gasteiger partial charge in [0.15, 0.2) is 0 Å². The Bertz CT molecular complexity index is 1720. The van der Waals surface area contributed by atoms with Gasteiger partial charge in [-0.2, -0.15) is 0 Å². The first kappa shape index (κ1) is 26.7. The Labute approximate surface area is 245 Å². The molecule has 1 unspecified atom stereocenters. The van der Waals surface area contributed by atoms with Gasteiger partial charge < -0.3 is 4.98 Å². The van der Waals surface area contributed by atoms with Crippen LogP contribution in [0.4, 0.5) is 0 Å². The Hall–Kier alpha value is -3.87. The van der Waals surface area contributed by atoms with Crippen LogP contribution < -0.4 is 0 Å². The van der Waals surface area contributed by atoms with Crippen molar-refractivity contribution in [2.24, 2.45) is 0 Å². The van der Waals surface area contributed by atoms with E-state index in [1.54, 1.807) is 0 Å². The molecule has 2 nitrogen and oxygen atoms in total. The fourth-order valence-corrected chi connectivity index (χ4v) is 5.55. The van der Waals surface area contributed by atoms with Crippen molar-refractivity contribution in [1.82, 2.24) is 9.97 Å². The van der Waals surface area contributed by atoms with Crippen molar-refractivity contribution >= 4 is 10.8 Å². The quantitative estimate of drug-likeness (QED) is 0.170. The van der Waals surface area contributed by atoms with E-state index in [9.17, 15) is 0 Å². The second kappa shape index (κ2) is 11.5. The molecule has 0 fully saturated rings. The van der Waals surface area contributed by atoms with Crippen LogP contribution in [-0.2, 0) is 21.1 Å². The number of hydrogen-bond acceptors (Lipinski definition) is 2. The van der Waals surface area contributed by atoms with Crippen molar-refractivity contribution in [3.05, 3.63) is 155 Å². The molecule has 0 saturated heterocycles. The molecule has 0 bridgehead atoms. The normalized spacial score (nSPS) is 11.7. The monoisotopic (exact) mass is 683 g/mol. The molecule has 0 aliphatic rings. The van der Waals surface area contributed by atoms with E-state index in [1.807, 2.05) is 42.6 Å². The molecule has 3 heteroatoms. The fraction of sp³-hybridized carbons (Fsp3) is 0.111. The third kappa shape index (κ3) is 5.35. The van der Waals surface area contributed by atoms with Gasteiger partial charge in [0.2, 0.25) is 0 Å². The number of fused-ring (bicyclic) bond motifs is 1. The molecule has 0 aliphatic carbocycles. The van der Waals surface area contributed by atoms with Crippen molar-refractivity contribution in [3.63, 3.8) is 0 Å². The number of benzene rings is 4. The number of aromatic nitrogens is 2. The van der Waals surface area contributed by atoms with E-state index in [1.165, 1.54) is 22.3 Å². The standard InChI is InChI=1S/C36H28N2.Pt/c1-24-20-25(2)34(26(3)21-24)35(30-16-11-15-29(22-30)32-18-9-10-19-37-32)33-23-28-14-7-8-17-31(28)36(38-33)27-12-5-4-6-13-27;/h4-12,14-21,23,35H,1-3H3;/q-2;+2. The molecule has 0 radical (unpaired) electrons. The zero-order valence-corrected chi connectivity index (χ0v) is 24.5. The second-order valence-electron chi connectivity index (χ2n) is 9.87. The first-order valence-corrected chi connectivity index (χ1v) is 13.0. The molecule has 1 atom stereocenters. The summed E-state index contributed by atoms with van der Waals surface area (Å²) in [6.45, 7) is 6.57. The summed E-state index contributed by atoms with van der Waals surface area (Å²) in [6, 6.07) is 42.8. The first-order chi connectivity index (χ1) is 18.6. The van der Waals surface area contributed by atoms with Crippen LogP contribution in [0, 0.1) is 32.9 Å². The molecular weight excluding hydrogens is 655 g/mol. The van der Waals surface area contributed by atoms with Crippen LogP contribution in [-0.4, -0.2) is 9.97 Å². The van der Waals surface area contributed by atoms with Crippen molar-refractivity contribution < 1.29 is 21.1 Å². The number of hydrogen-bond donors (Lipinski definition) is 0. The molecule has 2 heterocycles. The average molecular weight is 684 g/mol. The zero-order valence-electron chi connectivity index (χ0n) is 22.2. The molecule has 6 rings (SSSR count). The van der Waals surface area contributed by atoms with Gasteiger partial charge in [0, 0.05) is 17.8 Å².